The molecular weight excluding hydrogens is 494 g/mol. The summed E-state index contributed by atoms with van der Waals surface area (Å²) in [7, 11) is 0. The Labute approximate surface area is 233 Å². The number of likely N-dealkylation sites (tertiary alicyclic amines) is 1. The Balaban J connectivity index is 1.50. The van der Waals surface area contributed by atoms with E-state index in [1.54, 1.807) is 29.2 Å². The molecule has 2 aromatic rings. The van der Waals surface area contributed by atoms with Gasteiger partial charge in [-0.25, -0.2) is 0 Å². The van der Waals surface area contributed by atoms with Crippen LogP contribution in [0.3, 0.4) is 0 Å². The largest absolute Gasteiger partial charge is 0.354 e. The zero-order chi connectivity index (χ0) is 27.3. The van der Waals surface area contributed by atoms with Crippen molar-refractivity contribution in [3.05, 3.63) is 70.7 Å². The number of halogens is 1. The van der Waals surface area contributed by atoms with Gasteiger partial charge in [0.05, 0.1) is 11.8 Å². The Morgan fingerprint density at radius 2 is 1.71 bits per heavy atom. The summed E-state index contributed by atoms with van der Waals surface area (Å²) < 4.78 is 0. The average Bonchev–Trinajstić information content (AvgIpc) is 3.35. The number of carbonyl (C=O) groups is 2. The molecule has 0 aromatic heterocycles. The van der Waals surface area contributed by atoms with Gasteiger partial charge in [0.15, 0.2) is 0 Å². The summed E-state index contributed by atoms with van der Waals surface area (Å²) >= 11 is 6.02. The second kappa shape index (κ2) is 15.7. The maximum absolute atomic E-state index is 12.8. The Kier molecular flexibility index (Phi) is 12.3. The van der Waals surface area contributed by atoms with Crippen molar-refractivity contribution in [2.75, 3.05) is 13.1 Å². The van der Waals surface area contributed by atoms with Crippen LogP contribution in [0.2, 0.25) is 5.02 Å². The molecule has 1 saturated heterocycles. The lowest BCUT2D eigenvalue weighted by molar-refractivity contribution is -0.129. The smallest absolute Gasteiger partial charge is 0.223 e. The number of hydrogen-bond donors (Lipinski definition) is 2. The fourth-order valence-electron chi connectivity index (χ4n) is 5.55. The number of nitrogens with zero attached hydrogens (tertiary/aromatic N) is 1. The third-order valence-electron chi connectivity index (χ3n) is 7.87. The van der Waals surface area contributed by atoms with Crippen LogP contribution in [0, 0.1) is 17.2 Å². The third-order valence-corrected chi connectivity index (χ3v) is 8.12. The zero-order valence-electron chi connectivity index (χ0n) is 23.1. The summed E-state index contributed by atoms with van der Waals surface area (Å²) in [5.74, 6) is 1.26. The molecule has 1 aliphatic rings. The van der Waals surface area contributed by atoms with Crippen molar-refractivity contribution in [3.8, 4) is 0 Å². The molecule has 1 heterocycles. The highest BCUT2D eigenvalue weighted by Gasteiger charge is 2.31. The van der Waals surface area contributed by atoms with E-state index in [0.717, 1.165) is 37.7 Å². The van der Waals surface area contributed by atoms with E-state index >= 15 is 0 Å². The van der Waals surface area contributed by atoms with Crippen molar-refractivity contribution < 1.29 is 9.59 Å². The molecule has 0 bridgehead atoms. The normalized spacial score (nSPS) is 15.8. The van der Waals surface area contributed by atoms with Gasteiger partial charge in [-0.3, -0.25) is 9.59 Å². The fraction of sp³-hybridized carbons (Fsp3) is 0.531. The van der Waals surface area contributed by atoms with Crippen molar-refractivity contribution in [3.63, 3.8) is 0 Å². The van der Waals surface area contributed by atoms with E-state index in [-0.39, 0.29) is 18.4 Å². The Morgan fingerprint density at radius 1 is 1.00 bits per heavy atom. The Hall–Kier alpha value is -2.66. The van der Waals surface area contributed by atoms with Crippen LogP contribution in [-0.4, -0.2) is 41.6 Å². The minimum atomic E-state index is -0.468. The van der Waals surface area contributed by atoms with E-state index < -0.39 is 6.04 Å². The van der Waals surface area contributed by atoms with Gasteiger partial charge in [0.1, 0.15) is 0 Å². The lowest BCUT2D eigenvalue weighted by Gasteiger charge is -2.29. The minimum Gasteiger partial charge on any atom is -0.354 e. The first-order valence-corrected chi connectivity index (χ1v) is 14.7. The first-order chi connectivity index (χ1) is 18.4. The molecule has 1 fully saturated rings. The molecule has 0 saturated carbocycles. The number of carbonyl (C=O) groups excluding carboxylic acids is 2. The molecule has 2 aromatic carbocycles. The van der Waals surface area contributed by atoms with Gasteiger partial charge in [-0.1, -0.05) is 93.6 Å². The van der Waals surface area contributed by atoms with E-state index in [1.807, 2.05) is 0 Å². The van der Waals surface area contributed by atoms with Crippen molar-refractivity contribution in [2.24, 2.45) is 11.8 Å². The van der Waals surface area contributed by atoms with Crippen LogP contribution in [0.1, 0.15) is 82.8 Å². The second-order valence-electron chi connectivity index (χ2n) is 10.7. The highest BCUT2D eigenvalue weighted by Crippen LogP contribution is 2.26. The molecule has 3 unspecified atom stereocenters. The van der Waals surface area contributed by atoms with Gasteiger partial charge in [-0.05, 0) is 60.8 Å². The molecule has 0 radical (unpaired) electrons. The van der Waals surface area contributed by atoms with Crippen molar-refractivity contribution >= 4 is 29.1 Å². The maximum atomic E-state index is 12.8. The van der Waals surface area contributed by atoms with E-state index in [0.29, 0.717) is 42.0 Å². The van der Waals surface area contributed by atoms with Gasteiger partial charge >= 0.3 is 0 Å². The summed E-state index contributed by atoms with van der Waals surface area (Å²) in [5, 5.41) is 12.4. The molecule has 3 rings (SSSR count). The van der Waals surface area contributed by atoms with Crippen LogP contribution < -0.4 is 5.32 Å². The summed E-state index contributed by atoms with van der Waals surface area (Å²) in [5.41, 5.74) is 2.47. The van der Waals surface area contributed by atoms with Crippen LogP contribution in [-0.2, 0) is 16.0 Å². The number of rotatable bonds is 16. The molecule has 5 nitrogen and oxygen atoms in total. The predicted molar refractivity (Wildman–Crippen MR) is 157 cm³/mol. The fourth-order valence-corrected chi connectivity index (χ4v) is 5.68. The average molecular weight is 538 g/mol. The molecule has 38 heavy (non-hydrogen) atoms. The molecule has 0 spiro atoms. The summed E-state index contributed by atoms with van der Waals surface area (Å²) in [4.78, 5) is 27.1. The van der Waals surface area contributed by atoms with Crippen LogP contribution in [0.25, 0.3) is 0 Å². The summed E-state index contributed by atoms with van der Waals surface area (Å²) in [6.07, 6.45) is 9.61. The SMILES string of the molecule is CCCC(CCC(CC)CCC(=O)NCC(C(=N)c1ccc(Cl)cc1)N1CCCC1=O)Cc1ccccc1. The lowest BCUT2D eigenvalue weighted by Crippen LogP contribution is -2.49. The van der Waals surface area contributed by atoms with Gasteiger partial charge in [-0.2, -0.15) is 0 Å². The number of nitrogens with one attached hydrogen (secondary N) is 2. The molecule has 206 valence electrons. The van der Waals surface area contributed by atoms with Gasteiger partial charge in [-0.15, -0.1) is 0 Å². The molecule has 1 aliphatic heterocycles. The first kappa shape index (κ1) is 29.9. The monoisotopic (exact) mass is 537 g/mol. The zero-order valence-corrected chi connectivity index (χ0v) is 23.8. The molecule has 0 aliphatic carbocycles. The highest BCUT2D eigenvalue weighted by atomic mass is 35.5. The van der Waals surface area contributed by atoms with Crippen LogP contribution in [0.4, 0.5) is 0 Å². The first-order valence-electron chi connectivity index (χ1n) is 14.4. The van der Waals surface area contributed by atoms with Gasteiger partial charge in [0.2, 0.25) is 11.8 Å². The van der Waals surface area contributed by atoms with Gasteiger partial charge in [0, 0.05) is 31.0 Å². The quantitative estimate of drug-likeness (QED) is 0.225. The Bertz CT molecular complexity index is 1020. The maximum Gasteiger partial charge on any atom is 0.223 e. The molecular formula is C32H44ClN3O2. The standard InChI is InChI=1S/C32H44ClN3O2/c1-3-9-25(22-26-10-6-5-7-11-26)14-13-24(4-2)15-20-30(37)35-23-29(36-21-8-12-31(36)38)32(34)27-16-18-28(33)19-17-27/h5-7,10-11,16-19,24-25,29,34H,3-4,8-9,12-15,20-23H2,1-2H3,(H,35,37). The Morgan fingerprint density at radius 3 is 2.34 bits per heavy atom. The summed E-state index contributed by atoms with van der Waals surface area (Å²) in [6, 6.07) is 17.4. The molecule has 3 atom stereocenters. The second-order valence-corrected chi connectivity index (χ2v) is 11.1. The van der Waals surface area contributed by atoms with Crippen LogP contribution in [0.5, 0.6) is 0 Å². The van der Waals surface area contributed by atoms with E-state index in [9.17, 15) is 9.59 Å². The number of amides is 2. The van der Waals surface area contributed by atoms with E-state index in [4.69, 9.17) is 17.0 Å². The van der Waals surface area contributed by atoms with Crippen LogP contribution in [0.15, 0.2) is 54.6 Å². The molecule has 2 amide bonds. The molecule has 6 heteroatoms. The minimum absolute atomic E-state index is 0.00149. The van der Waals surface area contributed by atoms with Gasteiger partial charge < -0.3 is 15.6 Å². The number of benzene rings is 2. The van der Waals surface area contributed by atoms with E-state index in [1.165, 1.54) is 24.8 Å². The predicted octanol–water partition coefficient (Wildman–Crippen LogP) is 7.06. The van der Waals surface area contributed by atoms with Crippen molar-refractivity contribution in [2.45, 2.75) is 84.1 Å². The van der Waals surface area contributed by atoms with Gasteiger partial charge in [0.25, 0.3) is 0 Å². The third kappa shape index (κ3) is 9.27. The highest BCUT2D eigenvalue weighted by molar-refractivity contribution is 6.30. The van der Waals surface area contributed by atoms with Crippen molar-refractivity contribution in [1.29, 1.82) is 5.41 Å². The summed E-state index contributed by atoms with van der Waals surface area (Å²) in [6.45, 7) is 5.36. The van der Waals surface area contributed by atoms with E-state index in [2.05, 4.69) is 49.5 Å². The topological polar surface area (TPSA) is 73.3 Å². The lowest BCUT2D eigenvalue weighted by atomic mass is 9.85. The van der Waals surface area contributed by atoms with Crippen LogP contribution >= 0.6 is 11.6 Å². The molecule has 2 N–H and O–H groups in total. The number of hydrogen-bond acceptors (Lipinski definition) is 3. The van der Waals surface area contributed by atoms with Crippen molar-refractivity contribution in [1.82, 2.24) is 10.2 Å².